The lowest BCUT2D eigenvalue weighted by atomic mass is 10.3. The molecule has 3 rings (SSSR count). The first-order valence-corrected chi connectivity index (χ1v) is 7.22. The fourth-order valence-electron chi connectivity index (χ4n) is 1.94. The van der Waals surface area contributed by atoms with Gasteiger partial charge >= 0.3 is 5.97 Å². The molecule has 0 amide bonds. The molecule has 0 unspecified atom stereocenters. The van der Waals surface area contributed by atoms with Gasteiger partial charge in [-0.2, -0.15) is 5.10 Å². The molecule has 7 heteroatoms. The van der Waals surface area contributed by atoms with Crippen LogP contribution in [0.4, 0.5) is 0 Å². The van der Waals surface area contributed by atoms with Gasteiger partial charge in [-0.15, -0.1) is 11.3 Å². The lowest BCUT2D eigenvalue weighted by Crippen LogP contribution is -1.96. The second-order valence-electron chi connectivity index (χ2n) is 4.23. The van der Waals surface area contributed by atoms with Gasteiger partial charge in [-0.1, -0.05) is 23.2 Å². The standard InChI is InChI=1S/C13H8Cl2N2O2S/c1-6-8-5-11(13(18)19)20-12(8)17(16-6)7-2-3-9(14)10(15)4-7/h2-5H,1H3,(H,18,19). The Kier molecular flexibility index (Phi) is 3.20. The predicted molar refractivity (Wildman–Crippen MR) is 80.7 cm³/mol. The van der Waals surface area contributed by atoms with Gasteiger partial charge < -0.3 is 5.11 Å². The summed E-state index contributed by atoms with van der Waals surface area (Å²) in [5.41, 5.74) is 1.52. The first-order chi connectivity index (χ1) is 9.47. The van der Waals surface area contributed by atoms with Crippen LogP contribution in [0, 0.1) is 6.92 Å². The van der Waals surface area contributed by atoms with Crippen molar-refractivity contribution >= 4 is 50.7 Å². The van der Waals surface area contributed by atoms with E-state index < -0.39 is 5.97 Å². The van der Waals surface area contributed by atoms with Crippen molar-refractivity contribution in [3.8, 4) is 5.69 Å². The zero-order valence-corrected chi connectivity index (χ0v) is 12.6. The first kappa shape index (κ1) is 13.4. The number of carbonyl (C=O) groups is 1. The van der Waals surface area contributed by atoms with Crippen LogP contribution in [0.2, 0.25) is 10.0 Å². The average molecular weight is 327 g/mol. The van der Waals surface area contributed by atoms with Crippen LogP contribution in [0.15, 0.2) is 24.3 Å². The molecule has 0 aliphatic heterocycles. The summed E-state index contributed by atoms with van der Waals surface area (Å²) in [5.74, 6) is -0.939. The number of aromatic carboxylic acids is 1. The van der Waals surface area contributed by atoms with Crippen molar-refractivity contribution in [2.45, 2.75) is 6.92 Å². The van der Waals surface area contributed by atoms with E-state index in [0.29, 0.717) is 10.0 Å². The summed E-state index contributed by atoms with van der Waals surface area (Å²) in [6, 6.07) is 6.82. The molecule has 4 nitrogen and oxygen atoms in total. The van der Waals surface area contributed by atoms with E-state index in [1.165, 1.54) is 11.3 Å². The van der Waals surface area contributed by atoms with Crippen LogP contribution in [-0.4, -0.2) is 20.9 Å². The van der Waals surface area contributed by atoms with Crippen molar-refractivity contribution in [3.05, 3.63) is 44.9 Å². The van der Waals surface area contributed by atoms with Crippen LogP contribution in [0.5, 0.6) is 0 Å². The summed E-state index contributed by atoms with van der Waals surface area (Å²) in [4.78, 5) is 12.1. The van der Waals surface area contributed by atoms with Crippen LogP contribution in [0.3, 0.4) is 0 Å². The Labute approximate surface area is 128 Å². The molecule has 1 aromatic carbocycles. The fraction of sp³-hybridized carbons (Fsp3) is 0.0769. The van der Waals surface area contributed by atoms with Crippen LogP contribution >= 0.6 is 34.5 Å². The van der Waals surface area contributed by atoms with Crippen molar-refractivity contribution in [2.24, 2.45) is 0 Å². The molecule has 102 valence electrons. The molecule has 0 atom stereocenters. The highest BCUT2D eigenvalue weighted by atomic mass is 35.5. The van der Waals surface area contributed by atoms with E-state index in [0.717, 1.165) is 21.6 Å². The number of aromatic nitrogens is 2. The van der Waals surface area contributed by atoms with Crippen LogP contribution in [0.25, 0.3) is 15.9 Å². The van der Waals surface area contributed by atoms with E-state index in [4.69, 9.17) is 28.3 Å². The zero-order chi connectivity index (χ0) is 14.4. The second kappa shape index (κ2) is 4.77. The van der Waals surface area contributed by atoms with Gasteiger partial charge in [0.25, 0.3) is 0 Å². The predicted octanol–water partition coefficient (Wildman–Crippen LogP) is 4.40. The number of aryl methyl sites for hydroxylation is 1. The minimum Gasteiger partial charge on any atom is -0.477 e. The molecular formula is C13H8Cl2N2O2S. The van der Waals surface area contributed by atoms with Gasteiger partial charge in [-0.3, -0.25) is 0 Å². The van der Waals surface area contributed by atoms with E-state index in [2.05, 4.69) is 5.10 Å². The number of fused-ring (bicyclic) bond motifs is 1. The van der Waals surface area contributed by atoms with Gasteiger partial charge in [0.2, 0.25) is 0 Å². The number of halogens is 2. The molecule has 0 fully saturated rings. The minimum absolute atomic E-state index is 0.286. The Morgan fingerprint density at radius 2 is 2.05 bits per heavy atom. The van der Waals surface area contributed by atoms with Gasteiger partial charge in [-0.25, -0.2) is 9.48 Å². The number of thiophene rings is 1. The highest BCUT2D eigenvalue weighted by molar-refractivity contribution is 7.20. The maximum Gasteiger partial charge on any atom is 0.345 e. The number of rotatable bonds is 2. The lowest BCUT2D eigenvalue weighted by molar-refractivity contribution is 0.0702. The normalized spacial score (nSPS) is 11.2. The third-order valence-electron chi connectivity index (χ3n) is 2.90. The monoisotopic (exact) mass is 326 g/mol. The van der Waals surface area contributed by atoms with E-state index in [1.54, 1.807) is 28.9 Å². The Morgan fingerprint density at radius 1 is 1.30 bits per heavy atom. The van der Waals surface area contributed by atoms with Crippen molar-refractivity contribution in [1.29, 1.82) is 0 Å². The maximum atomic E-state index is 11.1. The molecule has 2 heterocycles. The zero-order valence-electron chi connectivity index (χ0n) is 10.2. The summed E-state index contributed by atoms with van der Waals surface area (Å²) in [5, 5.41) is 15.2. The van der Waals surface area contributed by atoms with Crippen LogP contribution < -0.4 is 0 Å². The topological polar surface area (TPSA) is 55.1 Å². The summed E-state index contributed by atoms with van der Waals surface area (Å²) in [6.45, 7) is 1.84. The van der Waals surface area contributed by atoms with Crippen LogP contribution in [-0.2, 0) is 0 Å². The number of nitrogens with zero attached hydrogens (tertiary/aromatic N) is 2. The van der Waals surface area contributed by atoms with Crippen LogP contribution in [0.1, 0.15) is 15.4 Å². The second-order valence-corrected chi connectivity index (χ2v) is 6.08. The summed E-state index contributed by atoms with van der Waals surface area (Å²) in [6.07, 6.45) is 0. The maximum absolute atomic E-state index is 11.1. The van der Waals surface area contributed by atoms with E-state index in [1.807, 2.05) is 6.92 Å². The molecule has 3 aromatic rings. The molecule has 1 N–H and O–H groups in total. The quantitative estimate of drug-likeness (QED) is 0.759. The highest BCUT2D eigenvalue weighted by Crippen LogP contribution is 2.32. The molecule has 20 heavy (non-hydrogen) atoms. The largest absolute Gasteiger partial charge is 0.477 e. The van der Waals surface area contributed by atoms with Gasteiger partial charge in [0.15, 0.2) is 0 Å². The molecule has 2 aromatic heterocycles. The summed E-state index contributed by atoms with van der Waals surface area (Å²) in [7, 11) is 0. The Balaban J connectivity index is 2.24. The van der Waals surface area contributed by atoms with Gasteiger partial charge in [0.1, 0.15) is 9.71 Å². The minimum atomic E-state index is -0.939. The summed E-state index contributed by atoms with van der Waals surface area (Å²) < 4.78 is 1.68. The molecule has 0 bridgehead atoms. The molecule has 0 saturated heterocycles. The van der Waals surface area contributed by atoms with Crippen molar-refractivity contribution < 1.29 is 9.90 Å². The smallest absolute Gasteiger partial charge is 0.345 e. The Hall–Kier alpha value is -1.56. The Bertz CT molecular complexity index is 838. The number of benzene rings is 1. The molecule has 0 radical (unpaired) electrons. The van der Waals surface area contributed by atoms with E-state index in [-0.39, 0.29) is 4.88 Å². The number of hydrogen-bond acceptors (Lipinski definition) is 3. The third kappa shape index (κ3) is 2.08. The third-order valence-corrected chi connectivity index (χ3v) is 4.74. The van der Waals surface area contributed by atoms with Gasteiger partial charge in [0, 0.05) is 5.39 Å². The highest BCUT2D eigenvalue weighted by Gasteiger charge is 2.16. The SMILES string of the molecule is Cc1nn(-c2ccc(Cl)c(Cl)c2)c2sc(C(=O)O)cc12. The van der Waals surface area contributed by atoms with E-state index >= 15 is 0 Å². The molecule has 0 saturated carbocycles. The van der Waals surface area contributed by atoms with Crippen molar-refractivity contribution in [1.82, 2.24) is 9.78 Å². The Morgan fingerprint density at radius 3 is 2.70 bits per heavy atom. The molecule has 0 aliphatic carbocycles. The number of hydrogen-bond donors (Lipinski definition) is 1. The lowest BCUT2D eigenvalue weighted by Gasteiger charge is -2.03. The molecular weight excluding hydrogens is 319 g/mol. The first-order valence-electron chi connectivity index (χ1n) is 5.65. The number of carboxylic acid groups (broad SMARTS) is 1. The van der Waals surface area contributed by atoms with Crippen molar-refractivity contribution in [2.75, 3.05) is 0 Å². The van der Waals surface area contributed by atoms with Crippen molar-refractivity contribution in [3.63, 3.8) is 0 Å². The average Bonchev–Trinajstić information content (AvgIpc) is 2.94. The fourth-order valence-corrected chi connectivity index (χ4v) is 3.26. The van der Waals surface area contributed by atoms with Gasteiger partial charge in [0.05, 0.1) is 21.4 Å². The molecule has 0 spiro atoms. The van der Waals surface area contributed by atoms with E-state index in [9.17, 15) is 4.79 Å². The van der Waals surface area contributed by atoms with Gasteiger partial charge in [-0.05, 0) is 31.2 Å². The summed E-state index contributed by atoms with van der Waals surface area (Å²) >= 11 is 13.1. The molecule has 0 aliphatic rings. The number of carboxylic acids is 1.